The highest BCUT2D eigenvalue weighted by Gasteiger charge is 2.21. The summed E-state index contributed by atoms with van der Waals surface area (Å²) in [5.74, 6) is 1.50. The molecule has 0 saturated heterocycles. The molecule has 4 N–H and O–H groups in total. The van der Waals surface area contributed by atoms with Crippen molar-refractivity contribution >= 4 is 11.9 Å². The summed E-state index contributed by atoms with van der Waals surface area (Å²) in [6.45, 7) is 8.66. The molecule has 1 unspecified atom stereocenters. The average molecular weight is 358 g/mol. The number of rotatable bonds is 7. The van der Waals surface area contributed by atoms with E-state index in [2.05, 4.69) is 29.1 Å². The van der Waals surface area contributed by atoms with Gasteiger partial charge in [0, 0.05) is 17.2 Å². The van der Waals surface area contributed by atoms with E-state index in [4.69, 9.17) is 15.6 Å². The molecule has 0 aliphatic heterocycles. The Labute approximate surface area is 153 Å². The van der Waals surface area contributed by atoms with Crippen molar-refractivity contribution in [3.05, 3.63) is 36.2 Å². The number of anilines is 1. The third-order valence-electron chi connectivity index (χ3n) is 3.80. The molecule has 0 saturated carbocycles. The maximum atomic E-state index is 10.7. The van der Waals surface area contributed by atoms with E-state index in [1.807, 2.05) is 32.0 Å². The fraction of sp³-hybridized carbons (Fsp3) is 0.421. The number of carbonyl (C=O) groups is 1. The number of benzene rings is 1. The maximum Gasteiger partial charge on any atom is 0.410 e. The van der Waals surface area contributed by atoms with Crippen LogP contribution in [0.5, 0.6) is 5.75 Å². The molecular weight excluding hydrogens is 332 g/mol. The zero-order valence-corrected chi connectivity index (χ0v) is 15.6. The number of nitrogens with two attached hydrogens (primary N) is 1. The van der Waals surface area contributed by atoms with Crippen LogP contribution in [0.3, 0.4) is 0 Å². The van der Waals surface area contributed by atoms with Crippen LogP contribution in [0.25, 0.3) is 11.3 Å². The lowest BCUT2D eigenvalue weighted by molar-refractivity contribution is 0.206. The van der Waals surface area contributed by atoms with Gasteiger partial charge in [-0.25, -0.2) is 14.8 Å². The largest absolute Gasteiger partial charge is 0.491 e. The van der Waals surface area contributed by atoms with Gasteiger partial charge in [-0.3, -0.25) is 5.32 Å². The van der Waals surface area contributed by atoms with Crippen LogP contribution in [-0.2, 0) is 0 Å². The molecule has 140 valence electrons. The maximum absolute atomic E-state index is 10.7. The SMILES string of the molecule is Cc1cc(-c2cc(NC(=O)O)ncn2)ccc1OCC(C)(N)CC(C)C. The van der Waals surface area contributed by atoms with E-state index in [-0.39, 0.29) is 11.4 Å². The molecule has 1 aromatic carbocycles. The van der Waals surface area contributed by atoms with E-state index in [9.17, 15) is 4.79 Å². The van der Waals surface area contributed by atoms with E-state index < -0.39 is 6.09 Å². The van der Waals surface area contributed by atoms with Gasteiger partial charge in [0.1, 0.15) is 24.5 Å². The molecule has 0 radical (unpaired) electrons. The third-order valence-corrected chi connectivity index (χ3v) is 3.80. The number of nitrogens with zero attached hydrogens (tertiary/aromatic N) is 2. The number of aryl methyl sites for hydroxylation is 1. The first-order valence-electron chi connectivity index (χ1n) is 8.51. The van der Waals surface area contributed by atoms with Crippen molar-refractivity contribution in [1.29, 1.82) is 0 Å². The fourth-order valence-electron chi connectivity index (χ4n) is 2.90. The number of hydrogen-bond acceptors (Lipinski definition) is 5. The number of aromatic nitrogens is 2. The van der Waals surface area contributed by atoms with Crippen molar-refractivity contribution in [3.63, 3.8) is 0 Å². The van der Waals surface area contributed by atoms with Crippen LogP contribution in [0.2, 0.25) is 0 Å². The molecule has 0 fully saturated rings. The molecule has 0 aliphatic rings. The Morgan fingerprint density at radius 1 is 1.35 bits per heavy atom. The van der Waals surface area contributed by atoms with Gasteiger partial charge in [0.2, 0.25) is 0 Å². The topological polar surface area (TPSA) is 110 Å². The van der Waals surface area contributed by atoms with E-state index in [1.54, 1.807) is 6.07 Å². The molecule has 26 heavy (non-hydrogen) atoms. The molecular formula is C19H26N4O3. The van der Waals surface area contributed by atoms with Crippen LogP contribution in [0.4, 0.5) is 10.6 Å². The van der Waals surface area contributed by atoms with Gasteiger partial charge in [0.15, 0.2) is 0 Å². The summed E-state index contributed by atoms with van der Waals surface area (Å²) in [4.78, 5) is 18.8. The summed E-state index contributed by atoms with van der Waals surface area (Å²) < 4.78 is 5.92. The normalized spacial score (nSPS) is 13.3. The van der Waals surface area contributed by atoms with Gasteiger partial charge in [-0.15, -0.1) is 0 Å². The molecule has 2 rings (SSSR count). The minimum absolute atomic E-state index is 0.230. The smallest absolute Gasteiger partial charge is 0.410 e. The van der Waals surface area contributed by atoms with Crippen molar-refractivity contribution in [3.8, 4) is 17.0 Å². The first-order chi connectivity index (χ1) is 12.2. The van der Waals surface area contributed by atoms with Gasteiger partial charge in [-0.2, -0.15) is 0 Å². The Morgan fingerprint density at radius 3 is 2.69 bits per heavy atom. The summed E-state index contributed by atoms with van der Waals surface area (Å²) in [6.07, 6.45) is 1.04. The van der Waals surface area contributed by atoms with Gasteiger partial charge >= 0.3 is 6.09 Å². The van der Waals surface area contributed by atoms with Crippen molar-refractivity contribution < 1.29 is 14.6 Å². The molecule has 7 heteroatoms. The number of ether oxygens (including phenoxy) is 1. The highest BCUT2D eigenvalue weighted by Crippen LogP contribution is 2.27. The highest BCUT2D eigenvalue weighted by molar-refractivity contribution is 5.82. The van der Waals surface area contributed by atoms with Crippen molar-refractivity contribution in [2.45, 2.75) is 39.7 Å². The molecule has 7 nitrogen and oxygen atoms in total. The Morgan fingerprint density at radius 2 is 2.08 bits per heavy atom. The fourth-order valence-corrected chi connectivity index (χ4v) is 2.90. The predicted octanol–water partition coefficient (Wildman–Crippen LogP) is 3.68. The van der Waals surface area contributed by atoms with E-state index >= 15 is 0 Å². The van der Waals surface area contributed by atoms with E-state index in [1.165, 1.54) is 6.33 Å². The van der Waals surface area contributed by atoms with E-state index in [0.29, 0.717) is 18.2 Å². The summed E-state index contributed by atoms with van der Waals surface area (Å²) >= 11 is 0. The van der Waals surface area contributed by atoms with Gasteiger partial charge in [0.05, 0.1) is 5.69 Å². The van der Waals surface area contributed by atoms with Gasteiger partial charge < -0.3 is 15.6 Å². The van der Waals surface area contributed by atoms with Crippen LogP contribution < -0.4 is 15.8 Å². The highest BCUT2D eigenvalue weighted by atomic mass is 16.5. The third kappa shape index (κ3) is 5.70. The summed E-state index contributed by atoms with van der Waals surface area (Å²) in [7, 11) is 0. The lowest BCUT2D eigenvalue weighted by Crippen LogP contribution is -2.43. The van der Waals surface area contributed by atoms with Crippen LogP contribution in [0.15, 0.2) is 30.6 Å². The summed E-state index contributed by atoms with van der Waals surface area (Å²) in [5.41, 5.74) is 8.34. The Bertz CT molecular complexity index is 775. The minimum atomic E-state index is -1.17. The predicted molar refractivity (Wildman–Crippen MR) is 101 cm³/mol. The van der Waals surface area contributed by atoms with Crippen LogP contribution in [0.1, 0.15) is 32.8 Å². The van der Waals surface area contributed by atoms with Gasteiger partial charge in [0.25, 0.3) is 0 Å². The molecule has 1 amide bonds. The second kappa shape index (κ2) is 8.14. The molecule has 0 bridgehead atoms. The molecule has 0 aliphatic carbocycles. The Kier molecular flexibility index (Phi) is 6.15. The van der Waals surface area contributed by atoms with Crippen molar-refractivity contribution in [1.82, 2.24) is 9.97 Å². The van der Waals surface area contributed by atoms with E-state index in [0.717, 1.165) is 23.3 Å². The van der Waals surface area contributed by atoms with Crippen LogP contribution in [0, 0.1) is 12.8 Å². The molecule has 1 heterocycles. The monoisotopic (exact) mass is 358 g/mol. The lowest BCUT2D eigenvalue weighted by Gasteiger charge is -2.27. The number of nitrogens with one attached hydrogen (secondary N) is 1. The molecule has 2 aromatic rings. The first-order valence-corrected chi connectivity index (χ1v) is 8.51. The van der Waals surface area contributed by atoms with Gasteiger partial charge in [-0.05, 0) is 49.9 Å². The molecule has 0 spiro atoms. The quantitative estimate of drug-likeness (QED) is 0.696. The Hall–Kier alpha value is -2.67. The van der Waals surface area contributed by atoms with Crippen LogP contribution >= 0.6 is 0 Å². The second-order valence-corrected chi connectivity index (χ2v) is 7.24. The molecule has 1 aromatic heterocycles. The minimum Gasteiger partial charge on any atom is -0.491 e. The zero-order valence-electron chi connectivity index (χ0n) is 15.6. The van der Waals surface area contributed by atoms with Crippen molar-refractivity contribution in [2.75, 3.05) is 11.9 Å². The average Bonchev–Trinajstić information content (AvgIpc) is 2.52. The summed E-state index contributed by atoms with van der Waals surface area (Å²) in [6, 6.07) is 7.29. The number of carboxylic acid groups (broad SMARTS) is 1. The van der Waals surface area contributed by atoms with Crippen molar-refractivity contribution in [2.24, 2.45) is 11.7 Å². The number of hydrogen-bond donors (Lipinski definition) is 3. The number of amides is 1. The second-order valence-electron chi connectivity index (χ2n) is 7.24. The molecule has 1 atom stereocenters. The van der Waals surface area contributed by atoms with Crippen LogP contribution in [-0.4, -0.2) is 33.3 Å². The standard InChI is InChI=1S/C19H26N4O3/c1-12(2)9-19(4,20)10-26-16-6-5-14(7-13(16)3)15-8-17(22-11-21-15)23-18(24)25/h5-8,11-12H,9-10,20H2,1-4H3,(H,24,25)(H,21,22,23). The first kappa shape index (κ1) is 19.7. The summed E-state index contributed by atoms with van der Waals surface area (Å²) in [5, 5.41) is 11.0. The zero-order chi connectivity index (χ0) is 19.3. The van der Waals surface area contributed by atoms with Gasteiger partial charge in [-0.1, -0.05) is 13.8 Å². The Balaban J connectivity index is 2.13. The lowest BCUT2D eigenvalue weighted by atomic mass is 9.93.